The molecule has 0 aliphatic rings. The number of nitrogens with one attached hydrogen (secondary N) is 2. The molecule has 192 valence electrons. The van der Waals surface area contributed by atoms with Crippen LogP contribution in [0.15, 0.2) is 72.8 Å². The van der Waals surface area contributed by atoms with Gasteiger partial charge < -0.3 is 10.6 Å². The zero-order chi connectivity index (χ0) is 25.8. The maximum atomic E-state index is 12.7. The fourth-order valence-corrected chi connectivity index (χ4v) is 4.00. The van der Waals surface area contributed by atoms with Gasteiger partial charge in [0.2, 0.25) is 0 Å². The Labute approximate surface area is 212 Å². The van der Waals surface area contributed by atoms with Gasteiger partial charge in [-0.05, 0) is 65.9 Å². The summed E-state index contributed by atoms with van der Waals surface area (Å²) in [6.07, 6.45) is 4.35. The van der Waals surface area contributed by atoms with E-state index in [2.05, 4.69) is 17.6 Å². The van der Waals surface area contributed by atoms with Gasteiger partial charge in [0, 0.05) is 24.3 Å². The quantitative estimate of drug-likeness (QED) is 0.234. The van der Waals surface area contributed by atoms with Crippen LogP contribution in [0.4, 0.5) is 18.9 Å². The first-order valence-corrected chi connectivity index (χ1v) is 12.7. The monoisotopic (exact) mass is 496 g/mol. The molecule has 0 radical (unpaired) electrons. The van der Waals surface area contributed by atoms with E-state index in [1.807, 2.05) is 48.5 Å². The highest BCUT2D eigenvalue weighted by molar-refractivity contribution is 6.04. The normalized spacial score (nSPS) is 11.4. The summed E-state index contributed by atoms with van der Waals surface area (Å²) >= 11 is 0. The third-order valence-corrected chi connectivity index (χ3v) is 6.19. The van der Waals surface area contributed by atoms with Crippen molar-refractivity contribution in [2.24, 2.45) is 0 Å². The molecule has 0 aliphatic heterocycles. The van der Waals surface area contributed by atoms with Gasteiger partial charge in [0.15, 0.2) is 0 Å². The average Bonchev–Trinajstić information content (AvgIpc) is 2.87. The summed E-state index contributed by atoms with van der Waals surface area (Å²) in [5.41, 5.74) is 3.75. The lowest BCUT2D eigenvalue weighted by molar-refractivity contribution is -0.137. The topological polar surface area (TPSA) is 41.1 Å². The predicted molar refractivity (Wildman–Crippen MR) is 140 cm³/mol. The number of aryl methyl sites for hydroxylation is 1. The largest absolute Gasteiger partial charge is 0.416 e. The number of carbonyl (C=O) groups excluding carboxylic acids is 1. The van der Waals surface area contributed by atoms with Crippen LogP contribution in [0.5, 0.6) is 0 Å². The Morgan fingerprint density at radius 1 is 0.694 bits per heavy atom. The van der Waals surface area contributed by atoms with E-state index in [1.54, 1.807) is 0 Å². The number of hydrogen-bond donors (Lipinski definition) is 2. The molecule has 6 heteroatoms. The SMILES string of the molecule is CCCCCCCCc1ccc(C(=O)Nc2ccc(CNCc3ccc(C(F)(F)F)cc3)cc2)cc1. The number of carbonyl (C=O) groups is 1. The van der Waals surface area contributed by atoms with Crippen LogP contribution in [-0.4, -0.2) is 5.91 Å². The Hall–Kier alpha value is -3.12. The summed E-state index contributed by atoms with van der Waals surface area (Å²) in [5, 5.41) is 6.15. The lowest BCUT2D eigenvalue weighted by Gasteiger charge is -2.10. The summed E-state index contributed by atoms with van der Waals surface area (Å²) in [6.45, 7) is 3.25. The molecule has 0 spiro atoms. The summed E-state index contributed by atoms with van der Waals surface area (Å²) < 4.78 is 38.0. The molecule has 3 nitrogen and oxygen atoms in total. The number of alkyl halides is 3. The molecule has 0 saturated heterocycles. The molecule has 2 N–H and O–H groups in total. The summed E-state index contributed by atoms with van der Waals surface area (Å²) in [7, 11) is 0. The number of halogens is 3. The fourth-order valence-electron chi connectivity index (χ4n) is 4.00. The van der Waals surface area contributed by atoms with Crippen molar-refractivity contribution in [1.29, 1.82) is 0 Å². The smallest absolute Gasteiger partial charge is 0.322 e. The highest BCUT2D eigenvalue weighted by Gasteiger charge is 2.29. The van der Waals surface area contributed by atoms with Gasteiger partial charge >= 0.3 is 6.18 Å². The lowest BCUT2D eigenvalue weighted by atomic mass is 10.0. The first-order chi connectivity index (χ1) is 17.3. The minimum Gasteiger partial charge on any atom is -0.322 e. The Morgan fingerprint density at radius 3 is 1.81 bits per heavy atom. The first-order valence-electron chi connectivity index (χ1n) is 12.7. The molecule has 0 bridgehead atoms. The minimum atomic E-state index is -4.32. The molecular weight excluding hydrogens is 461 g/mol. The van der Waals surface area contributed by atoms with Crippen LogP contribution in [0.25, 0.3) is 0 Å². The van der Waals surface area contributed by atoms with Gasteiger partial charge in [-0.3, -0.25) is 4.79 Å². The molecule has 3 aromatic carbocycles. The van der Waals surface area contributed by atoms with Crippen molar-refractivity contribution in [1.82, 2.24) is 5.32 Å². The number of benzene rings is 3. The van der Waals surface area contributed by atoms with Gasteiger partial charge in [-0.15, -0.1) is 0 Å². The molecule has 3 rings (SSSR count). The van der Waals surface area contributed by atoms with Crippen molar-refractivity contribution in [2.75, 3.05) is 5.32 Å². The number of hydrogen-bond acceptors (Lipinski definition) is 2. The second kappa shape index (κ2) is 13.8. The van der Waals surface area contributed by atoms with E-state index in [4.69, 9.17) is 0 Å². The molecule has 0 heterocycles. The minimum absolute atomic E-state index is 0.144. The standard InChI is InChI=1S/C30H35F3N2O/c1-2-3-4-5-6-7-8-23-9-15-26(16-10-23)29(36)35-28-19-13-25(14-20-28)22-34-21-24-11-17-27(18-12-24)30(31,32)33/h9-20,34H,2-8,21-22H2,1H3,(H,35,36). The molecule has 1 amide bonds. The van der Waals surface area contributed by atoms with Crippen LogP contribution >= 0.6 is 0 Å². The van der Waals surface area contributed by atoms with Crippen molar-refractivity contribution in [3.8, 4) is 0 Å². The Morgan fingerprint density at radius 2 is 1.22 bits per heavy atom. The second-order valence-corrected chi connectivity index (χ2v) is 9.16. The van der Waals surface area contributed by atoms with Crippen molar-refractivity contribution >= 4 is 11.6 Å². The number of anilines is 1. The van der Waals surface area contributed by atoms with Crippen molar-refractivity contribution in [3.63, 3.8) is 0 Å². The van der Waals surface area contributed by atoms with E-state index in [1.165, 1.54) is 56.2 Å². The highest BCUT2D eigenvalue weighted by Crippen LogP contribution is 2.29. The van der Waals surface area contributed by atoms with E-state index >= 15 is 0 Å². The Balaban J connectivity index is 1.40. The molecule has 0 aliphatic carbocycles. The second-order valence-electron chi connectivity index (χ2n) is 9.16. The van der Waals surface area contributed by atoms with Gasteiger partial charge in [-0.1, -0.05) is 75.4 Å². The van der Waals surface area contributed by atoms with Crippen molar-refractivity contribution in [2.45, 2.75) is 71.1 Å². The number of rotatable bonds is 13. The van der Waals surface area contributed by atoms with Gasteiger partial charge in [0.25, 0.3) is 5.91 Å². The Kier molecular flexibility index (Phi) is 10.6. The fraction of sp³-hybridized carbons (Fsp3) is 0.367. The van der Waals surface area contributed by atoms with Crippen molar-refractivity contribution in [3.05, 3.63) is 101 Å². The molecule has 0 unspecified atom stereocenters. The van der Waals surface area contributed by atoms with E-state index in [0.717, 1.165) is 29.7 Å². The van der Waals surface area contributed by atoms with Crippen molar-refractivity contribution < 1.29 is 18.0 Å². The molecule has 0 saturated carbocycles. The third kappa shape index (κ3) is 9.15. The molecule has 3 aromatic rings. The van der Waals surface area contributed by atoms with Crippen LogP contribution in [0.1, 0.15) is 78.1 Å². The van der Waals surface area contributed by atoms with E-state index in [0.29, 0.717) is 24.3 Å². The molecule has 0 aromatic heterocycles. The molecular formula is C30H35F3N2O. The highest BCUT2D eigenvalue weighted by atomic mass is 19.4. The van der Waals surface area contributed by atoms with E-state index in [-0.39, 0.29) is 5.91 Å². The molecule has 0 fully saturated rings. The molecule has 0 atom stereocenters. The average molecular weight is 497 g/mol. The maximum absolute atomic E-state index is 12.7. The van der Waals surface area contributed by atoms with Gasteiger partial charge in [-0.25, -0.2) is 0 Å². The van der Waals surface area contributed by atoms with E-state index < -0.39 is 11.7 Å². The third-order valence-electron chi connectivity index (χ3n) is 6.19. The summed E-state index contributed by atoms with van der Waals surface area (Å²) in [6, 6.07) is 20.5. The van der Waals surface area contributed by atoms with Crippen LogP contribution < -0.4 is 10.6 Å². The first kappa shape index (κ1) is 27.5. The zero-order valence-corrected chi connectivity index (χ0v) is 20.8. The summed E-state index contributed by atoms with van der Waals surface area (Å²) in [5.74, 6) is -0.144. The van der Waals surface area contributed by atoms with Crippen LogP contribution in [0.2, 0.25) is 0 Å². The van der Waals surface area contributed by atoms with Crippen LogP contribution in [0, 0.1) is 0 Å². The lowest BCUT2D eigenvalue weighted by Crippen LogP contribution is -2.14. The Bertz CT molecular complexity index is 1060. The molecule has 36 heavy (non-hydrogen) atoms. The number of amides is 1. The van der Waals surface area contributed by atoms with E-state index in [9.17, 15) is 18.0 Å². The zero-order valence-electron chi connectivity index (χ0n) is 20.8. The maximum Gasteiger partial charge on any atom is 0.416 e. The van der Waals surface area contributed by atoms with Gasteiger partial charge in [-0.2, -0.15) is 13.2 Å². The number of unbranched alkanes of at least 4 members (excludes halogenated alkanes) is 5. The van der Waals surface area contributed by atoms with Gasteiger partial charge in [0.1, 0.15) is 0 Å². The predicted octanol–water partition coefficient (Wildman–Crippen LogP) is 8.15. The van der Waals surface area contributed by atoms with Crippen LogP contribution in [0.3, 0.4) is 0 Å². The summed E-state index contributed by atoms with van der Waals surface area (Å²) in [4.78, 5) is 12.6. The van der Waals surface area contributed by atoms with Crippen LogP contribution in [-0.2, 0) is 25.7 Å². The van der Waals surface area contributed by atoms with Gasteiger partial charge in [0.05, 0.1) is 5.56 Å².